The summed E-state index contributed by atoms with van der Waals surface area (Å²) in [5, 5.41) is 19.9. The Morgan fingerprint density at radius 3 is 2.92 bits per heavy atom. The summed E-state index contributed by atoms with van der Waals surface area (Å²) in [6.45, 7) is 2.44. The summed E-state index contributed by atoms with van der Waals surface area (Å²) in [6, 6.07) is 3.78. The molecule has 11 heteroatoms. The summed E-state index contributed by atoms with van der Waals surface area (Å²) in [5.41, 5.74) is -0.202. The standard InChI is InChI=1S/C13H14ClN5O4S/c1-2-5-18-12(21)16-17-13(18)24-7-11(20)15-10-4-3-8(19(22)23)6-9(10)14/h3-4,6H,2,5,7H2,1H3,(H,15,20)(H,16,21). The van der Waals surface area contributed by atoms with Gasteiger partial charge in [0.15, 0.2) is 5.16 Å². The van der Waals surface area contributed by atoms with Crippen molar-refractivity contribution in [3.8, 4) is 0 Å². The zero-order chi connectivity index (χ0) is 17.7. The van der Waals surface area contributed by atoms with E-state index < -0.39 is 4.92 Å². The second-order valence-corrected chi connectivity index (χ2v) is 6.07. The summed E-state index contributed by atoms with van der Waals surface area (Å²) in [7, 11) is 0. The van der Waals surface area contributed by atoms with Crippen molar-refractivity contribution in [1.29, 1.82) is 0 Å². The van der Waals surface area contributed by atoms with Gasteiger partial charge >= 0.3 is 5.69 Å². The van der Waals surface area contributed by atoms with Crippen LogP contribution < -0.4 is 11.0 Å². The fourth-order valence-electron chi connectivity index (χ4n) is 1.87. The molecule has 2 rings (SSSR count). The lowest BCUT2D eigenvalue weighted by molar-refractivity contribution is -0.384. The van der Waals surface area contributed by atoms with Crippen LogP contribution in [0.1, 0.15) is 13.3 Å². The molecule has 128 valence electrons. The number of halogens is 1. The third kappa shape index (κ3) is 4.36. The Morgan fingerprint density at radius 1 is 1.54 bits per heavy atom. The molecule has 9 nitrogen and oxygen atoms in total. The maximum atomic E-state index is 12.0. The highest BCUT2D eigenvalue weighted by Crippen LogP contribution is 2.27. The molecule has 0 aliphatic rings. The summed E-state index contributed by atoms with van der Waals surface area (Å²) >= 11 is 7.02. The molecule has 1 aromatic carbocycles. The number of carbonyl (C=O) groups is 1. The average Bonchev–Trinajstić information content (AvgIpc) is 2.88. The molecular weight excluding hydrogens is 358 g/mol. The molecule has 1 aromatic heterocycles. The van der Waals surface area contributed by atoms with Crippen molar-refractivity contribution in [3.63, 3.8) is 0 Å². The summed E-state index contributed by atoms with van der Waals surface area (Å²) in [6.07, 6.45) is 0.762. The number of amides is 1. The topological polar surface area (TPSA) is 123 Å². The molecule has 1 heterocycles. The van der Waals surface area contributed by atoms with Crippen molar-refractivity contribution in [2.75, 3.05) is 11.1 Å². The number of rotatable bonds is 7. The monoisotopic (exact) mass is 371 g/mol. The maximum Gasteiger partial charge on any atom is 0.343 e. The number of thioether (sulfide) groups is 1. The van der Waals surface area contributed by atoms with Crippen LogP contribution in [0.2, 0.25) is 5.02 Å². The Morgan fingerprint density at radius 2 is 2.29 bits per heavy atom. The van der Waals surface area contributed by atoms with E-state index in [1.54, 1.807) is 0 Å². The molecule has 0 spiro atoms. The van der Waals surface area contributed by atoms with Gasteiger partial charge in [0.1, 0.15) is 0 Å². The minimum absolute atomic E-state index is 0.0152. The van der Waals surface area contributed by atoms with E-state index in [-0.39, 0.29) is 33.7 Å². The van der Waals surface area contributed by atoms with Crippen LogP contribution in [0.25, 0.3) is 0 Å². The predicted octanol–water partition coefficient (Wildman–Crippen LogP) is 2.27. The Balaban J connectivity index is 1.99. The zero-order valence-corrected chi connectivity index (χ0v) is 14.2. The number of nitro benzene ring substituents is 1. The number of carbonyl (C=O) groups excluding carboxylic acids is 1. The maximum absolute atomic E-state index is 12.0. The van der Waals surface area contributed by atoms with Crippen LogP contribution in [0.15, 0.2) is 28.2 Å². The van der Waals surface area contributed by atoms with E-state index in [2.05, 4.69) is 15.5 Å². The molecule has 0 unspecified atom stereocenters. The second-order valence-electron chi connectivity index (χ2n) is 4.72. The molecule has 0 aliphatic carbocycles. The number of hydrogen-bond acceptors (Lipinski definition) is 6. The first-order valence-corrected chi connectivity index (χ1v) is 8.30. The normalized spacial score (nSPS) is 10.6. The number of nitrogens with one attached hydrogen (secondary N) is 2. The Hall–Kier alpha value is -2.33. The predicted molar refractivity (Wildman–Crippen MR) is 90.6 cm³/mol. The van der Waals surface area contributed by atoms with Gasteiger partial charge in [0.05, 0.1) is 21.4 Å². The smallest absolute Gasteiger partial charge is 0.324 e. The summed E-state index contributed by atoms with van der Waals surface area (Å²) in [5.74, 6) is -0.351. The minimum atomic E-state index is -0.572. The van der Waals surface area contributed by atoms with E-state index in [0.717, 1.165) is 24.2 Å². The lowest BCUT2D eigenvalue weighted by Gasteiger charge is -2.07. The number of hydrogen-bond donors (Lipinski definition) is 2. The number of H-pyrrole nitrogens is 1. The molecule has 0 atom stereocenters. The van der Waals surface area contributed by atoms with Gasteiger partial charge in [-0.25, -0.2) is 9.89 Å². The minimum Gasteiger partial charge on any atom is -0.324 e. The van der Waals surface area contributed by atoms with Crippen LogP contribution in [0.4, 0.5) is 11.4 Å². The van der Waals surface area contributed by atoms with Crippen LogP contribution >= 0.6 is 23.4 Å². The van der Waals surface area contributed by atoms with Crippen LogP contribution in [0, 0.1) is 10.1 Å². The number of benzene rings is 1. The van der Waals surface area contributed by atoms with Gasteiger partial charge in [0.25, 0.3) is 5.69 Å². The fourth-order valence-corrected chi connectivity index (χ4v) is 2.86. The molecule has 2 N–H and O–H groups in total. The first-order valence-electron chi connectivity index (χ1n) is 6.94. The molecule has 2 aromatic rings. The van der Waals surface area contributed by atoms with E-state index in [0.29, 0.717) is 11.7 Å². The van der Waals surface area contributed by atoms with Crippen LogP contribution in [-0.2, 0) is 11.3 Å². The van der Waals surface area contributed by atoms with Gasteiger partial charge in [0.2, 0.25) is 5.91 Å². The zero-order valence-electron chi connectivity index (χ0n) is 12.6. The van der Waals surface area contributed by atoms with Gasteiger partial charge in [0, 0.05) is 18.7 Å². The largest absolute Gasteiger partial charge is 0.343 e. The van der Waals surface area contributed by atoms with Crippen LogP contribution in [0.5, 0.6) is 0 Å². The van der Waals surface area contributed by atoms with Crippen molar-refractivity contribution in [3.05, 3.63) is 43.8 Å². The molecule has 0 radical (unpaired) electrons. The second kappa shape index (κ2) is 7.97. The van der Waals surface area contributed by atoms with Crippen molar-refractivity contribution < 1.29 is 9.72 Å². The van der Waals surface area contributed by atoms with Gasteiger partial charge in [-0.05, 0) is 12.5 Å². The highest BCUT2D eigenvalue weighted by atomic mass is 35.5. The van der Waals surface area contributed by atoms with Crippen molar-refractivity contribution in [2.24, 2.45) is 0 Å². The Labute approximate surface area is 145 Å². The number of nitro groups is 1. The molecule has 0 saturated carbocycles. The van der Waals surface area contributed by atoms with Crippen LogP contribution in [0.3, 0.4) is 0 Å². The molecule has 0 aliphatic heterocycles. The van der Waals surface area contributed by atoms with Gasteiger partial charge in [-0.1, -0.05) is 30.3 Å². The highest BCUT2D eigenvalue weighted by Gasteiger charge is 2.14. The van der Waals surface area contributed by atoms with Crippen molar-refractivity contribution in [2.45, 2.75) is 25.0 Å². The summed E-state index contributed by atoms with van der Waals surface area (Å²) < 4.78 is 1.46. The quantitative estimate of drug-likeness (QED) is 0.437. The highest BCUT2D eigenvalue weighted by molar-refractivity contribution is 7.99. The number of aromatic nitrogens is 3. The van der Waals surface area contributed by atoms with Gasteiger partial charge in [-0.15, -0.1) is 5.10 Å². The van der Waals surface area contributed by atoms with Crippen molar-refractivity contribution in [1.82, 2.24) is 14.8 Å². The Kier molecular flexibility index (Phi) is 5.99. The number of nitrogens with zero attached hydrogens (tertiary/aromatic N) is 3. The van der Waals surface area contributed by atoms with Gasteiger partial charge < -0.3 is 5.32 Å². The third-order valence-corrected chi connectivity index (χ3v) is 4.23. The van der Waals surface area contributed by atoms with Crippen LogP contribution in [-0.4, -0.2) is 31.3 Å². The van der Waals surface area contributed by atoms with E-state index in [1.807, 2.05) is 6.92 Å². The molecule has 24 heavy (non-hydrogen) atoms. The van der Waals surface area contributed by atoms with E-state index in [4.69, 9.17) is 11.6 Å². The molecule has 1 amide bonds. The van der Waals surface area contributed by atoms with E-state index >= 15 is 0 Å². The van der Waals surface area contributed by atoms with E-state index in [9.17, 15) is 19.7 Å². The summed E-state index contributed by atoms with van der Waals surface area (Å²) in [4.78, 5) is 33.6. The number of anilines is 1. The number of non-ortho nitro benzene ring substituents is 1. The first kappa shape index (κ1) is 18.0. The van der Waals surface area contributed by atoms with Gasteiger partial charge in [-0.2, -0.15) is 0 Å². The molecule has 0 fully saturated rings. The molecular formula is C13H14ClN5O4S. The average molecular weight is 372 g/mol. The fraction of sp³-hybridized carbons (Fsp3) is 0.308. The lowest BCUT2D eigenvalue weighted by Crippen LogP contribution is -2.18. The first-order chi connectivity index (χ1) is 11.4. The SMILES string of the molecule is CCCn1c(SCC(=O)Nc2ccc([N+](=O)[O-])cc2Cl)n[nH]c1=O. The number of aromatic amines is 1. The molecule has 0 bridgehead atoms. The van der Waals surface area contributed by atoms with Gasteiger partial charge in [-0.3, -0.25) is 19.5 Å². The Bertz CT molecular complexity index is 819. The van der Waals surface area contributed by atoms with E-state index in [1.165, 1.54) is 16.7 Å². The lowest BCUT2D eigenvalue weighted by atomic mass is 10.3. The third-order valence-electron chi connectivity index (χ3n) is 2.94. The van der Waals surface area contributed by atoms with Crippen molar-refractivity contribution >= 4 is 40.6 Å². The molecule has 0 saturated heterocycles.